The van der Waals surface area contributed by atoms with Gasteiger partial charge in [-0.3, -0.25) is 9.59 Å². The third-order valence-corrected chi connectivity index (χ3v) is 4.62. The van der Waals surface area contributed by atoms with Crippen LogP contribution in [0.1, 0.15) is 18.4 Å². The summed E-state index contributed by atoms with van der Waals surface area (Å²) in [5.74, 6) is -0.0580. The number of fused-ring (bicyclic) bond motifs is 1. The van der Waals surface area contributed by atoms with E-state index < -0.39 is 0 Å². The summed E-state index contributed by atoms with van der Waals surface area (Å²) in [5, 5.41) is 4.45. The van der Waals surface area contributed by atoms with E-state index in [4.69, 9.17) is 21.1 Å². The summed E-state index contributed by atoms with van der Waals surface area (Å²) >= 11 is 5.80. The maximum atomic E-state index is 11.8. The Bertz CT molecular complexity index is 953. The summed E-state index contributed by atoms with van der Waals surface area (Å²) in [7, 11) is 0. The van der Waals surface area contributed by atoms with Crippen LogP contribution in [0.15, 0.2) is 54.7 Å². The summed E-state index contributed by atoms with van der Waals surface area (Å²) in [6.07, 6.45) is 3.67. The van der Waals surface area contributed by atoms with Crippen LogP contribution in [-0.4, -0.2) is 36.6 Å². The van der Waals surface area contributed by atoms with Crippen LogP contribution >= 0.6 is 11.6 Å². The SMILES string of the molecule is O=C(COC(=O)CCCc1c[nH]c2ccccc12)NCCOc1ccc(Cl)cc1. The van der Waals surface area contributed by atoms with Crippen LogP contribution < -0.4 is 10.1 Å². The molecule has 1 heterocycles. The van der Waals surface area contributed by atoms with Gasteiger partial charge in [0.15, 0.2) is 6.61 Å². The number of para-hydroxylation sites is 1. The van der Waals surface area contributed by atoms with E-state index in [9.17, 15) is 9.59 Å². The molecule has 2 N–H and O–H groups in total. The average Bonchev–Trinajstić information content (AvgIpc) is 3.14. The van der Waals surface area contributed by atoms with Gasteiger partial charge < -0.3 is 19.8 Å². The second-order valence-electron chi connectivity index (χ2n) is 6.53. The molecule has 0 radical (unpaired) electrons. The summed E-state index contributed by atoms with van der Waals surface area (Å²) in [6, 6.07) is 15.0. The fraction of sp³-hybridized carbons (Fsp3) is 0.273. The summed E-state index contributed by atoms with van der Waals surface area (Å²) in [6.45, 7) is 0.346. The molecule has 3 aromatic rings. The van der Waals surface area contributed by atoms with Crippen molar-refractivity contribution >= 4 is 34.4 Å². The maximum Gasteiger partial charge on any atom is 0.306 e. The molecule has 0 aliphatic rings. The second kappa shape index (κ2) is 10.5. The molecule has 0 bridgehead atoms. The van der Waals surface area contributed by atoms with Crippen molar-refractivity contribution < 1.29 is 19.1 Å². The Kier molecular flexibility index (Phi) is 7.53. The van der Waals surface area contributed by atoms with Gasteiger partial charge in [-0.2, -0.15) is 0 Å². The molecule has 0 aliphatic heterocycles. The topological polar surface area (TPSA) is 80.4 Å². The number of hydrogen-bond acceptors (Lipinski definition) is 4. The van der Waals surface area contributed by atoms with Crippen molar-refractivity contribution in [3.05, 3.63) is 65.3 Å². The number of aryl methyl sites for hydroxylation is 1. The Labute approximate surface area is 174 Å². The smallest absolute Gasteiger partial charge is 0.306 e. The molecule has 1 aromatic heterocycles. The van der Waals surface area contributed by atoms with Crippen molar-refractivity contribution in [2.24, 2.45) is 0 Å². The van der Waals surface area contributed by atoms with E-state index >= 15 is 0 Å². The molecule has 0 atom stereocenters. The van der Waals surface area contributed by atoms with Crippen molar-refractivity contribution in [1.82, 2.24) is 10.3 Å². The van der Waals surface area contributed by atoms with Crippen molar-refractivity contribution in [2.75, 3.05) is 19.8 Å². The second-order valence-corrected chi connectivity index (χ2v) is 6.96. The van der Waals surface area contributed by atoms with Gasteiger partial charge >= 0.3 is 5.97 Å². The molecular formula is C22H23ClN2O4. The Morgan fingerprint density at radius 1 is 1.07 bits per heavy atom. The molecule has 0 saturated heterocycles. The van der Waals surface area contributed by atoms with Crippen LogP contribution in [0.25, 0.3) is 10.9 Å². The lowest BCUT2D eigenvalue weighted by Crippen LogP contribution is -2.32. The first-order valence-corrected chi connectivity index (χ1v) is 9.85. The van der Waals surface area contributed by atoms with E-state index in [1.807, 2.05) is 24.4 Å². The van der Waals surface area contributed by atoms with Crippen LogP contribution in [0.3, 0.4) is 0 Å². The Morgan fingerprint density at radius 2 is 1.86 bits per heavy atom. The predicted octanol–water partition coefficient (Wildman–Crippen LogP) is 3.88. The molecule has 0 unspecified atom stereocenters. The van der Waals surface area contributed by atoms with Gasteiger partial charge in [0.05, 0.1) is 6.54 Å². The zero-order valence-corrected chi connectivity index (χ0v) is 16.7. The molecule has 0 saturated carbocycles. The number of esters is 1. The first-order valence-electron chi connectivity index (χ1n) is 9.47. The Balaban J connectivity index is 1.27. The van der Waals surface area contributed by atoms with E-state index in [1.165, 1.54) is 10.9 Å². The van der Waals surface area contributed by atoms with Gasteiger partial charge in [-0.1, -0.05) is 29.8 Å². The van der Waals surface area contributed by atoms with E-state index in [-0.39, 0.29) is 24.9 Å². The lowest BCUT2D eigenvalue weighted by Gasteiger charge is -2.08. The third-order valence-electron chi connectivity index (χ3n) is 4.37. The van der Waals surface area contributed by atoms with Crippen molar-refractivity contribution in [3.8, 4) is 5.75 Å². The number of aromatic amines is 1. The summed E-state index contributed by atoms with van der Waals surface area (Å²) in [5.41, 5.74) is 2.26. The molecule has 1 amide bonds. The van der Waals surface area contributed by atoms with Gasteiger partial charge in [-0.05, 0) is 48.7 Å². The van der Waals surface area contributed by atoms with Crippen LogP contribution in [-0.2, 0) is 20.7 Å². The highest BCUT2D eigenvalue weighted by atomic mass is 35.5. The minimum Gasteiger partial charge on any atom is -0.492 e. The molecule has 152 valence electrons. The van der Waals surface area contributed by atoms with Gasteiger partial charge in [0.25, 0.3) is 5.91 Å². The number of aromatic nitrogens is 1. The number of benzene rings is 2. The maximum absolute atomic E-state index is 11.8. The highest BCUT2D eigenvalue weighted by molar-refractivity contribution is 6.30. The number of carbonyl (C=O) groups excluding carboxylic acids is 2. The van der Waals surface area contributed by atoms with Gasteiger partial charge in [-0.15, -0.1) is 0 Å². The number of nitrogens with one attached hydrogen (secondary N) is 2. The van der Waals surface area contributed by atoms with Gasteiger partial charge in [-0.25, -0.2) is 0 Å². The highest BCUT2D eigenvalue weighted by Gasteiger charge is 2.09. The number of ether oxygens (including phenoxy) is 2. The van der Waals surface area contributed by atoms with Gasteiger partial charge in [0.2, 0.25) is 0 Å². The number of amides is 1. The lowest BCUT2D eigenvalue weighted by molar-refractivity contribution is -0.148. The zero-order valence-electron chi connectivity index (χ0n) is 15.9. The zero-order chi connectivity index (χ0) is 20.5. The number of rotatable bonds is 10. The first kappa shape index (κ1) is 20.7. The molecular weight excluding hydrogens is 392 g/mol. The van der Waals surface area contributed by atoms with E-state index in [2.05, 4.69) is 16.4 Å². The number of carbonyl (C=O) groups is 2. The minimum absolute atomic E-state index is 0.270. The van der Waals surface area contributed by atoms with Crippen LogP contribution in [0, 0.1) is 0 Å². The van der Waals surface area contributed by atoms with Crippen LogP contribution in [0.4, 0.5) is 0 Å². The Hall–Kier alpha value is -2.99. The number of H-pyrrole nitrogens is 1. The van der Waals surface area contributed by atoms with Gasteiger partial charge in [0.1, 0.15) is 12.4 Å². The van der Waals surface area contributed by atoms with Crippen molar-refractivity contribution in [3.63, 3.8) is 0 Å². The molecule has 7 heteroatoms. The first-order chi connectivity index (χ1) is 14.1. The van der Waals surface area contributed by atoms with Crippen LogP contribution in [0.5, 0.6) is 5.75 Å². The fourth-order valence-electron chi connectivity index (χ4n) is 2.92. The van der Waals surface area contributed by atoms with E-state index in [1.54, 1.807) is 24.3 Å². The lowest BCUT2D eigenvalue weighted by atomic mass is 10.1. The average molecular weight is 415 g/mol. The fourth-order valence-corrected chi connectivity index (χ4v) is 3.05. The molecule has 0 fully saturated rings. The monoisotopic (exact) mass is 414 g/mol. The highest BCUT2D eigenvalue weighted by Crippen LogP contribution is 2.19. The van der Waals surface area contributed by atoms with Crippen LogP contribution in [0.2, 0.25) is 5.02 Å². The summed E-state index contributed by atoms with van der Waals surface area (Å²) in [4.78, 5) is 26.8. The van der Waals surface area contributed by atoms with Gasteiger partial charge in [0, 0.05) is 28.5 Å². The molecule has 0 spiro atoms. The number of hydrogen-bond donors (Lipinski definition) is 2. The number of halogens is 1. The molecule has 2 aromatic carbocycles. The van der Waals surface area contributed by atoms with Crippen molar-refractivity contribution in [1.29, 1.82) is 0 Å². The van der Waals surface area contributed by atoms with E-state index in [0.717, 1.165) is 11.9 Å². The summed E-state index contributed by atoms with van der Waals surface area (Å²) < 4.78 is 10.5. The standard InChI is InChI=1S/C22H23ClN2O4/c23-17-8-10-18(11-9-17)28-13-12-24-21(26)15-29-22(27)7-3-4-16-14-25-20-6-2-1-5-19(16)20/h1-2,5-6,8-11,14,25H,3-4,7,12-13,15H2,(H,24,26). The largest absolute Gasteiger partial charge is 0.492 e. The molecule has 3 rings (SSSR count). The van der Waals surface area contributed by atoms with Crippen molar-refractivity contribution in [2.45, 2.75) is 19.3 Å². The normalized spacial score (nSPS) is 10.7. The third kappa shape index (κ3) is 6.54. The minimum atomic E-state index is -0.377. The molecule has 0 aliphatic carbocycles. The quantitative estimate of drug-likeness (QED) is 0.389. The Morgan fingerprint density at radius 3 is 2.69 bits per heavy atom. The molecule has 29 heavy (non-hydrogen) atoms. The molecule has 6 nitrogen and oxygen atoms in total. The van der Waals surface area contributed by atoms with E-state index in [0.29, 0.717) is 30.3 Å². The predicted molar refractivity (Wildman–Crippen MR) is 112 cm³/mol.